The molecule has 5 nitrogen and oxygen atoms in total. The molecule has 0 aliphatic rings. The van der Waals surface area contributed by atoms with Gasteiger partial charge in [0.1, 0.15) is 5.82 Å². The molecule has 0 spiro atoms. The number of hydrogen-bond donors (Lipinski definition) is 2. The van der Waals surface area contributed by atoms with Crippen LogP contribution in [-0.4, -0.2) is 33.7 Å². The van der Waals surface area contributed by atoms with Crippen LogP contribution in [-0.2, 0) is 10.8 Å². The number of carbonyl (C=O) groups excluding carboxylic acids is 1. The number of amides is 1. The van der Waals surface area contributed by atoms with Crippen LogP contribution in [0.25, 0.3) is 0 Å². The minimum absolute atomic E-state index is 0.227. The summed E-state index contributed by atoms with van der Waals surface area (Å²) in [6.07, 6.45) is 3.07. The molecule has 15 heavy (non-hydrogen) atoms. The Morgan fingerprint density at radius 1 is 1.67 bits per heavy atom. The second-order valence-electron chi connectivity index (χ2n) is 3.00. The van der Waals surface area contributed by atoms with E-state index in [0.717, 1.165) is 0 Å². The zero-order valence-corrected chi connectivity index (χ0v) is 9.21. The fourth-order valence-electron chi connectivity index (χ4n) is 1.000. The van der Waals surface area contributed by atoms with Crippen molar-refractivity contribution in [3.8, 4) is 0 Å². The molecule has 3 N–H and O–H groups in total. The van der Waals surface area contributed by atoms with Gasteiger partial charge in [0, 0.05) is 41.1 Å². The summed E-state index contributed by atoms with van der Waals surface area (Å²) in [6.45, 7) is 0.393. The molecule has 0 aromatic carbocycles. The van der Waals surface area contributed by atoms with Crippen LogP contribution in [0.15, 0.2) is 18.3 Å². The Bertz CT molecular complexity index is 381. The molecular formula is C9H13N3O2S. The maximum atomic E-state index is 11.5. The standard InChI is InChI=1S/C9H13N3O2S/c1-15(14)5-4-12-9(13)7-2-3-11-8(10)6-7/h2-3,6H,4-5H2,1H3,(H2,10,11)(H,12,13). The highest BCUT2D eigenvalue weighted by Crippen LogP contribution is 2.02. The number of rotatable bonds is 4. The number of pyridine rings is 1. The van der Waals surface area contributed by atoms with Gasteiger partial charge in [0.25, 0.3) is 5.91 Å². The molecule has 82 valence electrons. The zero-order valence-electron chi connectivity index (χ0n) is 8.40. The molecule has 0 aliphatic carbocycles. The van der Waals surface area contributed by atoms with Gasteiger partial charge in [-0.3, -0.25) is 9.00 Å². The molecule has 0 saturated heterocycles. The molecule has 1 amide bonds. The molecule has 6 heteroatoms. The first-order chi connectivity index (χ1) is 7.09. The third-order valence-electron chi connectivity index (χ3n) is 1.72. The lowest BCUT2D eigenvalue weighted by molar-refractivity contribution is 0.0956. The highest BCUT2D eigenvalue weighted by Gasteiger charge is 2.05. The summed E-state index contributed by atoms with van der Waals surface area (Å²) < 4.78 is 10.7. The number of anilines is 1. The number of hydrogen-bond acceptors (Lipinski definition) is 4. The van der Waals surface area contributed by atoms with E-state index in [1.54, 1.807) is 12.3 Å². The number of aromatic nitrogens is 1. The van der Waals surface area contributed by atoms with Crippen molar-refractivity contribution in [2.45, 2.75) is 0 Å². The Balaban J connectivity index is 2.50. The lowest BCUT2D eigenvalue weighted by Gasteiger charge is -2.03. The van der Waals surface area contributed by atoms with Gasteiger partial charge in [0.2, 0.25) is 0 Å². The van der Waals surface area contributed by atoms with Crippen molar-refractivity contribution in [2.24, 2.45) is 0 Å². The minimum atomic E-state index is -0.895. The van der Waals surface area contributed by atoms with Gasteiger partial charge in [0.05, 0.1) is 0 Å². The average Bonchev–Trinajstić information content (AvgIpc) is 2.17. The van der Waals surface area contributed by atoms with Gasteiger partial charge in [-0.15, -0.1) is 0 Å². The van der Waals surface area contributed by atoms with Gasteiger partial charge in [-0.25, -0.2) is 4.98 Å². The molecule has 1 aromatic rings. The molecule has 1 rings (SSSR count). The quantitative estimate of drug-likeness (QED) is 0.744. The highest BCUT2D eigenvalue weighted by atomic mass is 32.2. The first kappa shape index (κ1) is 11.6. The molecule has 1 atom stereocenters. The topological polar surface area (TPSA) is 85.1 Å². The number of nitrogen functional groups attached to an aromatic ring is 1. The van der Waals surface area contributed by atoms with Crippen LogP contribution >= 0.6 is 0 Å². The van der Waals surface area contributed by atoms with Crippen LogP contribution in [0.3, 0.4) is 0 Å². The Hall–Kier alpha value is -1.43. The Labute approximate surface area is 90.5 Å². The highest BCUT2D eigenvalue weighted by molar-refractivity contribution is 7.84. The summed E-state index contributed by atoms with van der Waals surface area (Å²) in [5.41, 5.74) is 5.90. The van der Waals surface area contributed by atoms with Crippen LogP contribution in [0.5, 0.6) is 0 Å². The van der Waals surface area contributed by atoms with E-state index in [-0.39, 0.29) is 5.91 Å². The lowest BCUT2D eigenvalue weighted by Crippen LogP contribution is -2.27. The van der Waals surface area contributed by atoms with Crippen LogP contribution < -0.4 is 11.1 Å². The van der Waals surface area contributed by atoms with Gasteiger partial charge in [-0.2, -0.15) is 0 Å². The maximum absolute atomic E-state index is 11.5. The van der Waals surface area contributed by atoms with E-state index in [9.17, 15) is 9.00 Å². The van der Waals surface area contributed by atoms with Crippen LogP contribution in [0.4, 0.5) is 5.82 Å². The number of carbonyl (C=O) groups is 1. The summed E-state index contributed by atoms with van der Waals surface area (Å²) in [7, 11) is -0.895. The van der Waals surface area contributed by atoms with Gasteiger partial charge in [-0.1, -0.05) is 0 Å². The van der Waals surface area contributed by atoms with E-state index in [2.05, 4.69) is 10.3 Å². The fourth-order valence-corrected chi connectivity index (χ4v) is 1.39. The van der Waals surface area contributed by atoms with Crippen LogP contribution in [0.1, 0.15) is 10.4 Å². The normalized spacial score (nSPS) is 12.1. The fraction of sp³-hybridized carbons (Fsp3) is 0.333. The summed E-state index contributed by atoms with van der Waals surface area (Å²) in [4.78, 5) is 15.3. The smallest absolute Gasteiger partial charge is 0.251 e. The largest absolute Gasteiger partial charge is 0.384 e. The maximum Gasteiger partial charge on any atom is 0.251 e. The van der Waals surface area contributed by atoms with Gasteiger partial charge < -0.3 is 11.1 Å². The van der Waals surface area contributed by atoms with Crippen molar-refractivity contribution < 1.29 is 9.00 Å². The summed E-state index contributed by atoms with van der Waals surface area (Å²) in [5, 5.41) is 2.64. The predicted octanol–water partition coefficient (Wildman–Crippen LogP) is -0.228. The SMILES string of the molecule is CS(=O)CCNC(=O)c1ccnc(N)c1. The summed E-state index contributed by atoms with van der Waals surface area (Å²) in [5.74, 6) is 0.531. The van der Waals surface area contributed by atoms with Gasteiger partial charge in [0.15, 0.2) is 0 Å². The second-order valence-corrected chi connectivity index (χ2v) is 4.56. The second kappa shape index (κ2) is 5.45. The summed E-state index contributed by atoms with van der Waals surface area (Å²) in [6, 6.07) is 3.08. The first-order valence-electron chi connectivity index (χ1n) is 4.39. The molecule has 0 aliphatic heterocycles. The van der Waals surface area contributed by atoms with E-state index in [0.29, 0.717) is 23.7 Å². The molecule has 0 fully saturated rings. The van der Waals surface area contributed by atoms with E-state index >= 15 is 0 Å². The van der Waals surface area contributed by atoms with Gasteiger partial charge in [-0.05, 0) is 12.1 Å². The van der Waals surface area contributed by atoms with Gasteiger partial charge >= 0.3 is 0 Å². The Kier molecular flexibility index (Phi) is 4.23. The molecule has 1 aromatic heterocycles. The van der Waals surface area contributed by atoms with Crippen molar-refractivity contribution in [3.63, 3.8) is 0 Å². The van der Waals surface area contributed by atoms with Crippen molar-refractivity contribution in [1.82, 2.24) is 10.3 Å². The molecule has 0 saturated carbocycles. The van der Waals surface area contributed by atoms with Crippen LogP contribution in [0.2, 0.25) is 0 Å². The number of nitrogens with two attached hydrogens (primary N) is 1. The lowest BCUT2D eigenvalue weighted by atomic mass is 10.2. The van der Waals surface area contributed by atoms with Crippen LogP contribution in [0, 0.1) is 0 Å². The van der Waals surface area contributed by atoms with Crippen molar-refractivity contribution in [3.05, 3.63) is 23.9 Å². The number of nitrogens with zero attached hydrogens (tertiary/aromatic N) is 1. The number of nitrogens with one attached hydrogen (secondary N) is 1. The van der Waals surface area contributed by atoms with E-state index < -0.39 is 10.8 Å². The van der Waals surface area contributed by atoms with E-state index in [1.165, 1.54) is 12.3 Å². The minimum Gasteiger partial charge on any atom is -0.384 e. The van der Waals surface area contributed by atoms with E-state index in [4.69, 9.17) is 5.73 Å². The molecule has 1 heterocycles. The predicted molar refractivity (Wildman–Crippen MR) is 59.9 cm³/mol. The third kappa shape index (κ3) is 4.07. The third-order valence-corrected chi connectivity index (χ3v) is 2.50. The van der Waals surface area contributed by atoms with E-state index in [1.807, 2.05) is 0 Å². The Morgan fingerprint density at radius 2 is 2.40 bits per heavy atom. The van der Waals surface area contributed by atoms with Crippen molar-refractivity contribution >= 4 is 22.5 Å². The average molecular weight is 227 g/mol. The van der Waals surface area contributed by atoms with Crippen molar-refractivity contribution in [1.29, 1.82) is 0 Å². The first-order valence-corrected chi connectivity index (χ1v) is 6.12. The zero-order chi connectivity index (χ0) is 11.3. The molecule has 0 bridgehead atoms. The Morgan fingerprint density at radius 3 is 3.00 bits per heavy atom. The summed E-state index contributed by atoms with van der Waals surface area (Å²) >= 11 is 0. The van der Waals surface area contributed by atoms with Crippen molar-refractivity contribution in [2.75, 3.05) is 24.3 Å². The monoisotopic (exact) mass is 227 g/mol. The molecule has 0 radical (unpaired) electrons. The molecular weight excluding hydrogens is 214 g/mol. The molecule has 1 unspecified atom stereocenters.